The first-order valence-corrected chi connectivity index (χ1v) is 12.4. The van der Waals surface area contributed by atoms with E-state index in [2.05, 4.69) is 56.6 Å². The smallest absolute Gasteiger partial charge is 0.133 e. The minimum atomic E-state index is -0.319. The average Bonchev–Trinajstić information content (AvgIpc) is 2.99. The van der Waals surface area contributed by atoms with Crippen LogP contribution in [0.15, 0.2) is 48.3 Å². The maximum absolute atomic E-state index is 11.3. The Balaban J connectivity index is 1.13. The van der Waals surface area contributed by atoms with E-state index in [4.69, 9.17) is 0 Å². The molecule has 3 bridgehead atoms. The molecule has 1 aromatic carbocycles. The number of rotatable bonds is 6. The molecule has 2 N–H and O–H groups in total. The molecule has 0 spiro atoms. The van der Waals surface area contributed by atoms with Crippen LogP contribution < -0.4 is 5.32 Å². The van der Waals surface area contributed by atoms with Crippen molar-refractivity contribution in [2.45, 2.75) is 64.1 Å². The highest BCUT2D eigenvalue weighted by molar-refractivity contribution is 5.47. The van der Waals surface area contributed by atoms with Gasteiger partial charge in [0.15, 0.2) is 0 Å². The first-order valence-electron chi connectivity index (χ1n) is 12.4. The number of allylic oxidation sites excluding steroid dienone is 2. The van der Waals surface area contributed by atoms with Crippen molar-refractivity contribution in [3.8, 4) is 0 Å². The molecule has 0 amide bonds. The van der Waals surface area contributed by atoms with Crippen molar-refractivity contribution in [3.63, 3.8) is 0 Å². The van der Waals surface area contributed by atoms with Gasteiger partial charge in [0.05, 0.1) is 11.8 Å². The van der Waals surface area contributed by atoms with E-state index in [0.29, 0.717) is 6.54 Å². The van der Waals surface area contributed by atoms with Crippen LogP contribution in [0.3, 0.4) is 0 Å². The van der Waals surface area contributed by atoms with Crippen molar-refractivity contribution >= 4 is 5.82 Å². The van der Waals surface area contributed by atoms with Crippen LogP contribution in [0.4, 0.5) is 5.82 Å². The van der Waals surface area contributed by atoms with Gasteiger partial charge in [-0.1, -0.05) is 42.0 Å². The van der Waals surface area contributed by atoms with E-state index in [0.717, 1.165) is 55.8 Å². The van der Waals surface area contributed by atoms with E-state index in [9.17, 15) is 5.11 Å². The summed E-state index contributed by atoms with van der Waals surface area (Å²) in [5.41, 5.74) is 5.41. The number of hydrogen-bond donors (Lipinski definition) is 2. The molecule has 3 unspecified atom stereocenters. The van der Waals surface area contributed by atoms with Gasteiger partial charge in [0, 0.05) is 37.2 Å². The van der Waals surface area contributed by atoms with Crippen LogP contribution in [0.2, 0.25) is 0 Å². The molecule has 3 aliphatic carbocycles. The monoisotopic (exact) mass is 430 g/mol. The van der Waals surface area contributed by atoms with Gasteiger partial charge in [0.1, 0.15) is 12.1 Å². The highest BCUT2D eigenvalue weighted by Crippen LogP contribution is 2.59. The van der Waals surface area contributed by atoms with E-state index >= 15 is 0 Å². The van der Waals surface area contributed by atoms with E-state index in [1.165, 1.54) is 43.2 Å². The molecule has 6 rings (SSSR count). The van der Waals surface area contributed by atoms with E-state index in [-0.39, 0.29) is 11.5 Å². The fourth-order valence-electron chi connectivity index (χ4n) is 7.00. The standard InChI is InChI=1S/C27H34N4O/c32-25(27-12-20-7-4-8-21(13-27)22(11-20)14-27)15-28-26-23-9-10-31(17-24(23)29-18-30-26)16-19-5-2-1-3-6-19/h1-3,5-6,8,18,20,22,25,32H,4,7,9-17H2,(H,28,29,30)/t20?,22-,25?,27?/m1/s1. The van der Waals surface area contributed by atoms with E-state index in [1.807, 2.05) is 0 Å². The molecule has 4 aliphatic rings. The van der Waals surface area contributed by atoms with Gasteiger partial charge >= 0.3 is 0 Å². The van der Waals surface area contributed by atoms with Gasteiger partial charge in [-0.3, -0.25) is 4.90 Å². The SMILES string of the molecule is OC(CNc1ncnc2c1CCN(Cc1ccccc1)C2)C12CC3=CCCC(C[C@@H]3C1)C2. The number of benzene rings is 1. The van der Waals surface area contributed by atoms with Crippen LogP contribution >= 0.6 is 0 Å². The highest BCUT2D eigenvalue weighted by atomic mass is 16.3. The van der Waals surface area contributed by atoms with Gasteiger partial charge in [-0.15, -0.1) is 0 Å². The Labute approximate surface area is 191 Å². The number of nitrogens with one attached hydrogen (secondary N) is 1. The summed E-state index contributed by atoms with van der Waals surface area (Å²) in [7, 11) is 0. The van der Waals surface area contributed by atoms with Gasteiger partial charge in [-0.2, -0.15) is 0 Å². The normalized spacial score (nSPS) is 29.8. The second-order valence-electron chi connectivity index (χ2n) is 10.6. The van der Waals surface area contributed by atoms with Crippen molar-refractivity contribution in [2.24, 2.45) is 17.3 Å². The minimum Gasteiger partial charge on any atom is -0.391 e. The topological polar surface area (TPSA) is 61.3 Å². The lowest BCUT2D eigenvalue weighted by atomic mass is 9.67. The van der Waals surface area contributed by atoms with Crippen molar-refractivity contribution in [1.29, 1.82) is 0 Å². The molecule has 0 radical (unpaired) electrons. The molecule has 2 saturated carbocycles. The average molecular weight is 431 g/mol. The second-order valence-corrected chi connectivity index (χ2v) is 10.6. The number of nitrogens with zero attached hydrogens (tertiary/aromatic N) is 3. The van der Waals surface area contributed by atoms with Crippen LogP contribution in [0.5, 0.6) is 0 Å². The number of aliphatic hydroxyl groups is 1. The molecule has 2 aromatic rings. The second kappa shape index (κ2) is 8.27. The zero-order valence-corrected chi connectivity index (χ0v) is 18.8. The summed E-state index contributed by atoms with van der Waals surface area (Å²) in [5.74, 6) is 2.45. The van der Waals surface area contributed by atoms with Crippen LogP contribution in [-0.2, 0) is 19.5 Å². The molecule has 2 fully saturated rings. The predicted molar refractivity (Wildman–Crippen MR) is 126 cm³/mol. The quantitative estimate of drug-likeness (QED) is 0.668. The molecule has 168 valence electrons. The summed E-state index contributed by atoms with van der Waals surface area (Å²) in [6.45, 7) is 3.40. The fraction of sp³-hybridized carbons (Fsp3) is 0.556. The number of anilines is 1. The Morgan fingerprint density at radius 1 is 1.19 bits per heavy atom. The summed E-state index contributed by atoms with van der Waals surface area (Å²) in [4.78, 5) is 11.6. The minimum absolute atomic E-state index is 0.0758. The third kappa shape index (κ3) is 3.75. The molecule has 0 saturated heterocycles. The number of aliphatic hydroxyl groups excluding tert-OH is 1. The van der Waals surface area contributed by atoms with Gasteiger partial charge in [0.2, 0.25) is 0 Å². The van der Waals surface area contributed by atoms with Crippen molar-refractivity contribution < 1.29 is 5.11 Å². The highest BCUT2D eigenvalue weighted by Gasteiger charge is 2.52. The van der Waals surface area contributed by atoms with Gasteiger partial charge < -0.3 is 10.4 Å². The van der Waals surface area contributed by atoms with Crippen LogP contribution in [0.25, 0.3) is 0 Å². The van der Waals surface area contributed by atoms with Crippen LogP contribution in [0.1, 0.15) is 55.3 Å². The lowest BCUT2D eigenvalue weighted by molar-refractivity contribution is -0.00145. The molecule has 2 heterocycles. The summed E-state index contributed by atoms with van der Waals surface area (Å²) >= 11 is 0. The Kier molecular flexibility index (Phi) is 5.27. The maximum atomic E-state index is 11.3. The number of hydrogen-bond acceptors (Lipinski definition) is 5. The Morgan fingerprint density at radius 3 is 3.00 bits per heavy atom. The van der Waals surface area contributed by atoms with Crippen LogP contribution in [0, 0.1) is 17.3 Å². The van der Waals surface area contributed by atoms with Crippen molar-refractivity contribution in [1.82, 2.24) is 14.9 Å². The van der Waals surface area contributed by atoms with Gasteiger partial charge in [0.25, 0.3) is 0 Å². The zero-order chi connectivity index (χ0) is 21.5. The van der Waals surface area contributed by atoms with Crippen LogP contribution in [-0.4, -0.2) is 39.2 Å². The molecular weight excluding hydrogens is 396 g/mol. The van der Waals surface area contributed by atoms with Crippen molar-refractivity contribution in [2.75, 3.05) is 18.4 Å². The Morgan fingerprint density at radius 2 is 2.09 bits per heavy atom. The molecule has 5 heteroatoms. The molecular formula is C27H34N4O. The molecule has 32 heavy (non-hydrogen) atoms. The van der Waals surface area contributed by atoms with E-state index < -0.39 is 0 Å². The first kappa shape index (κ1) is 20.4. The molecule has 5 nitrogen and oxygen atoms in total. The maximum Gasteiger partial charge on any atom is 0.133 e. The summed E-state index contributed by atoms with van der Waals surface area (Å²) in [6.07, 6.45) is 12.2. The third-order valence-electron chi connectivity index (χ3n) is 8.53. The number of fused-ring (bicyclic) bond motifs is 3. The Bertz CT molecular complexity index is 1010. The number of aromatic nitrogens is 2. The summed E-state index contributed by atoms with van der Waals surface area (Å²) in [5, 5.41) is 14.9. The first-order chi connectivity index (χ1) is 15.7. The third-order valence-corrected chi connectivity index (χ3v) is 8.53. The zero-order valence-electron chi connectivity index (χ0n) is 18.8. The molecule has 1 aliphatic heterocycles. The van der Waals surface area contributed by atoms with Gasteiger partial charge in [-0.25, -0.2) is 9.97 Å². The summed E-state index contributed by atoms with van der Waals surface area (Å²) < 4.78 is 0. The van der Waals surface area contributed by atoms with Gasteiger partial charge in [-0.05, 0) is 62.3 Å². The predicted octanol–water partition coefficient (Wildman–Crippen LogP) is 4.33. The van der Waals surface area contributed by atoms with E-state index in [1.54, 1.807) is 11.9 Å². The largest absolute Gasteiger partial charge is 0.391 e. The fourth-order valence-corrected chi connectivity index (χ4v) is 7.00. The Hall–Kier alpha value is -2.24. The lowest BCUT2D eigenvalue weighted by Crippen LogP contribution is -2.42. The molecule has 4 atom stereocenters. The van der Waals surface area contributed by atoms with Crippen molar-refractivity contribution in [3.05, 3.63) is 65.1 Å². The molecule has 1 aromatic heterocycles. The summed E-state index contributed by atoms with van der Waals surface area (Å²) in [6, 6.07) is 10.6. The lowest BCUT2D eigenvalue weighted by Gasteiger charge is -2.41.